The SMILES string of the molecule is COC(=O)C(C(=O)NC(Cc1ccc(-c2cccnc2)cc1)C(O)CN(Cc1ccc(C(F)(F)F)c(F)c1)NC(=O)OC1COC2OCCC12)C(C)(C)C. The summed E-state index contributed by atoms with van der Waals surface area (Å²) in [7, 11) is 1.16. The van der Waals surface area contributed by atoms with Gasteiger partial charge in [-0.3, -0.25) is 20.0 Å². The molecular formula is C38H44F4N4O8. The molecule has 292 valence electrons. The Morgan fingerprint density at radius 2 is 1.76 bits per heavy atom. The molecule has 2 aliphatic rings. The van der Waals surface area contributed by atoms with Gasteiger partial charge in [0.1, 0.15) is 17.8 Å². The molecule has 12 nitrogen and oxygen atoms in total. The second-order valence-electron chi connectivity index (χ2n) is 14.4. The second kappa shape index (κ2) is 17.2. The van der Waals surface area contributed by atoms with Gasteiger partial charge in [-0.05, 0) is 58.7 Å². The maximum Gasteiger partial charge on any atom is 0.422 e. The Balaban J connectivity index is 1.41. The van der Waals surface area contributed by atoms with Crippen LogP contribution in [0.1, 0.15) is 43.9 Å². The first-order valence-electron chi connectivity index (χ1n) is 17.4. The Labute approximate surface area is 310 Å². The molecule has 3 heterocycles. The van der Waals surface area contributed by atoms with Crippen molar-refractivity contribution in [2.45, 2.75) is 70.9 Å². The number of carbonyl (C=O) groups excluding carboxylic acids is 3. The number of hydrazine groups is 1. The van der Waals surface area contributed by atoms with Gasteiger partial charge in [-0.2, -0.15) is 13.2 Å². The molecule has 2 saturated heterocycles. The summed E-state index contributed by atoms with van der Waals surface area (Å²) in [6, 6.07) is 12.2. The summed E-state index contributed by atoms with van der Waals surface area (Å²) in [6.07, 6.45) is -4.52. The zero-order valence-electron chi connectivity index (χ0n) is 30.3. The highest BCUT2D eigenvalue weighted by atomic mass is 19.4. The lowest BCUT2D eigenvalue weighted by Gasteiger charge is -2.33. The fraction of sp³-hybridized carbons (Fsp3) is 0.474. The van der Waals surface area contributed by atoms with E-state index in [-0.39, 0.29) is 31.1 Å². The molecule has 2 amide bonds. The number of esters is 1. The first-order valence-corrected chi connectivity index (χ1v) is 17.4. The number of aliphatic hydroxyl groups is 1. The van der Waals surface area contributed by atoms with Crippen LogP contribution in [0.25, 0.3) is 11.1 Å². The predicted octanol–water partition coefficient (Wildman–Crippen LogP) is 5.03. The fourth-order valence-corrected chi connectivity index (χ4v) is 6.59. The Morgan fingerprint density at radius 1 is 1.04 bits per heavy atom. The van der Waals surface area contributed by atoms with Crippen molar-refractivity contribution < 1.29 is 56.0 Å². The lowest BCUT2D eigenvalue weighted by molar-refractivity contribution is -0.155. The van der Waals surface area contributed by atoms with Crippen LogP contribution in [-0.4, -0.2) is 84.5 Å². The number of nitrogens with one attached hydrogen (secondary N) is 2. The number of hydrogen-bond donors (Lipinski definition) is 3. The van der Waals surface area contributed by atoms with E-state index in [4.69, 9.17) is 18.9 Å². The molecule has 0 radical (unpaired) electrons. The summed E-state index contributed by atoms with van der Waals surface area (Å²) in [4.78, 5) is 43.9. The number of alkyl halides is 3. The number of hydrogen-bond acceptors (Lipinski definition) is 10. The quantitative estimate of drug-likeness (QED) is 0.0938. The third-order valence-electron chi connectivity index (χ3n) is 9.37. The topological polar surface area (TPSA) is 149 Å². The molecule has 3 N–H and O–H groups in total. The number of rotatable bonds is 13. The van der Waals surface area contributed by atoms with Crippen LogP contribution in [0.4, 0.5) is 22.4 Å². The molecule has 5 rings (SSSR count). The van der Waals surface area contributed by atoms with E-state index in [2.05, 4.69) is 15.7 Å². The fourth-order valence-electron chi connectivity index (χ4n) is 6.59. The van der Waals surface area contributed by atoms with Crippen molar-refractivity contribution in [3.63, 3.8) is 0 Å². The number of halogens is 4. The van der Waals surface area contributed by atoms with E-state index in [1.807, 2.05) is 18.2 Å². The van der Waals surface area contributed by atoms with Gasteiger partial charge in [0.25, 0.3) is 0 Å². The minimum atomic E-state index is -4.93. The first-order chi connectivity index (χ1) is 25.5. The summed E-state index contributed by atoms with van der Waals surface area (Å²) in [5.74, 6) is -4.48. The van der Waals surface area contributed by atoms with Crippen LogP contribution in [0, 0.1) is 23.1 Å². The highest BCUT2D eigenvalue weighted by Gasteiger charge is 2.44. The molecule has 2 aliphatic heterocycles. The average molecular weight is 761 g/mol. The lowest BCUT2D eigenvalue weighted by Crippen LogP contribution is -2.55. The summed E-state index contributed by atoms with van der Waals surface area (Å²) in [5.41, 5.74) is 2.64. The Morgan fingerprint density at radius 3 is 2.39 bits per heavy atom. The molecule has 54 heavy (non-hydrogen) atoms. The summed E-state index contributed by atoms with van der Waals surface area (Å²) in [5, 5.41) is 15.7. The van der Waals surface area contributed by atoms with E-state index in [9.17, 15) is 37.1 Å². The maximum atomic E-state index is 14.6. The first kappa shape index (κ1) is 40.5. The Kier molecular flexibility index (Phi) is 12.9. The van der Waals surface area contributed by atoms with Crippen molar-refractivity contribution in [3.8, 4) is 11.1 Å². The maximum absolute atomic E-state index is 14.6. The molecule has 1 aromatic heterocycles. The summed E-state index contributed by atoms with van der Waals surface area (Å²) >= 11 is 0. The minimum Gasteiger partial charge on any atom is -0.468 e. The highest BCUT2D eigenvalue weighted by Crippen LogP contribution is 2.34. The Bertz CT molecular complexity index is 1760. The molecule has 2 fully saturated rings. The lowest BCUT2D eigenvalue weighted by atomic mass is 9.80. The van der Waals surface area contributed by atoms with Crippen molar-refractivity contribution in [1.29, 1.82) is 0 Å². The zero-order valence-corrected chi connectivity index (χ0v) is 30.3. The molecule has 0 saturated carbocycles. The van der Waals surface area contributed by atoms with Gasteiger partial charge in [0.05, 0.1) is 44.0 Å². The number of ether oxygens (including phenoxy) is 4. The number of nitrogens with zero attached hydrogens (tertiary/aromatic N) is 2. The smallest absolute Gasteiger partial charge is 0.422 e. The van der Waals surface area contributed by atoms with Crippen molar-refractivity contribution >= 4 is 18.0 Å². The van der Waals surface area contributed by atoms with Crippen molar-refractivity contribution in [2.75, 3.05) is 26.9 Å². The average Bonchev–Trinajstić information content (AvgIpc) is 3.72. The third kappa shape index (κ3) is 10.3. The van der Waals surface area contributed by atoms with Gasteiger partial charge in [0.15, 0.2) is 6.29 Å². The van der Waals surface area contributed by atoms with Crippen LogP contribution in [0.2, 0.25) is 0 Å². The normalized spacial score (nSPS) is 20.1. The highest BCUT2D eigenvalue weighted by molar-refractivity contribution is 5.98. The van der Waals surface area contributed by atoms with E-state index >= 15 is 0 Å². The van der Waals surface area contributed by atoms with Gasteiger partial charge in [0, 0.05) is 25.5 Å². The van der Waals surface area contributed by atoms with Crippen LogP contribution >= 0.6 is 0 Å². The number of fused-ring (bicyclic) bond motifs is 1. The van der Waals surface area contributed by atoms with Gasteiger partial charge in [-0.15, -0.1) is 0 Å². The van der Waals surface area contributed by atoms with Gasteiger partial charge in [-0.25, -0.2) is 14.2 Å². The van der Waals surface area contributed by atoms with Gasteiger partial charge < -0.3 is 29.4 Å². The molecule has 16 heteroatoms. The van der Waals surface area contributed by atoms with E-state index in [1.54, 1.807) is 51.4 Å². The number of aromatic nitrogens is 1. The minimum absolute atomic E-state index is 0.0338. The predicted molar refractivity (Wildman–Crippen MR) is 185 cm³/mol. The van der Waals surface area contributed by atoms with Crippen molar-refractivity contribution in [3.05, 3.63) is 89.5 Å². The molecule has 0 aliphatic carbocycles. The zero-order chi connectivity index (χ0) is 39.2. The largest absolute Gasteiger partial charge is 0.468 e. The molecular weight excluding hydrogens is 716 g/mol. The number of benzene rings is 2. The van der Waals surface area contributed by atoms with Crippen LogP contribution in [0.15, 0.2) is 67.0 Å². The van der Waals surface area contributed by atoms with Crippen molar-refractivity contribution in [1.82, 2.24) is 20.7 Å². The molecule has 2 aromatic carbocycles. The number of aliphatic hydroxyl groups excluding tert-OH is 1. The van der Waals surface area contributed by atoms with Gasteiger partial charge in [0.2, 0.25) is 5.91 Å². The number of pyridine rings is 1. The Hall–Kier alpha value is -4.64. The molecule has 6 atom stereocenters. The van der Waals surface area contributed by atoms with Crippen LogP contribution in [0.3, 0.4) is 0 Å². The molecule has 0 spiro atoms. The number of amides is 2. The van der Waals surface area contributed by atoms with Crippen LogP contribution in [-0.2, 0) is 47.7 Å². The molecule has 3 aromatic rings. The van der Waals surface area contributed by atoms with E-state index in [0.717, 1.165) is 29.3 Å². The van der Waals surface area contributed by atoms with E-state index < -0.39 is 77.9 Å². The molecule has 6 unspecified atom stereocenters. The van der Waals surface area contributed by atoms with Crippen molar-refractivity contribution in [2.24, 2.45) is 17.3 Å². The van der Waals surface area contributed by atoms with Crippen LogP contribution < -0.4 is 10.7 Å². The number of carbonyl (C=O) groups is 3. The second-order valence-corrected chi connectivity index (χ2v) is 14.4. The summed E-state index contributed by atoms with van der Waals surface area (Å²) < 4.78 is 76.1. The van der Waals surface area contributed by atoms with E-state index in [1.165, 1.54) is 0 Å². The third-order valence-corrected chi connectivity index (χ3v) is 9.37. The molecule has 0 bridgehead atoms. The summed E-state index contributed by atoms with van der Waals surface area (Å²) in [6.45, 7) is 4.78. The standard InChI is InChI=1S/C38H44F4N4O8/c1-37(2,3)32(34(49)51-4)33(48)44-29(17-22-7-10-24(11-8-22)25-6-5-14-43-18-25)30(47)20-46(19-23-9-12-27(28(39)16-23)38(40,41)42)45-36(50)54-31-21-53-35-26(31)13-15-52-35/h5-12,14,16,18,26,29-32,35,47H,13,15,17,19-21H2,1-4H3,(H,44,48)(H,45,50). The monoisotopic (exact) mass is 760 g/mol. The van der Waals surface area contributed by atoms with Gasteiger partial charge in [-0.1, -0.05) is 57.2 Å². The number of methoxy groups -OCH3 is 1. The van der Waals surface area contributed by atoms with Crippen LogP contribution in [0.5, 0.6) is 0 Å². The van der Waals surface area contributed by atoms with E-state index in [0.29, 0.717) is 30.7 Å². The van der Waals surface area contributed by atoms with Gasteiger partial charge >= 0.3 is 18.2 Å².